The van der Waals surface area contributed by atoms with Gasteiger partial charge in [-0.15, -0.1) is 0 Å². The second kappa shape index (κ2) is 12.9. The predicted octanol–water partition coefficient (Wildman–Crippen LogP) is 2.17. The molecular formula is C25H37N3O5S. The predicted molar refractivity (Wildman–Crippen MR) is 133 cm³/mol. The highest BCUT2D eigenvalue weighted by Crippen LogP contribution is 2.28. The van der Waals surface area contributed by atoms with Crippen molar-refractivity contribution in [3.05, 3.63) is 60.2 Å². The average Bonchev–Trinajstić information content (AvgIpc) is 2.82. The molecule has 1 amide bonds. The molecule has 0 heterocycles. The summed E-state index contributed by atoms with van der Waals surface area (Å²) in [6.45, 7) is 4.50. The number of carbonyl (C=O) groups excluding carboxylic acids is 1. The van der Waals surface area contributed by atoms with Crippen molar-refractivity contribution < 1.29 is 23.1 Å². The molecule has 0 aliphatic rings. The summed E-state index contributed by atoms with van der Waals surface area (Å²) in [5.41, 5.74) is 6.23. The molecule has 0 aromatic heterocycles. The van der Waals surface area contributed by atoms with Crippen LogP contribution >= 0.6 is 0 Å². The summed E-state index contributed by atoms with van der Waals surface area (Å²) in [4.78, 5) is 11.4. The molecule has 1 unspecified atom stereocenters. The molecule has 0 saturated carbocycles. The SMILES string of the molecule is COc1ccc(S(=O)(=O)N(CC(O)[C@H](Cc2ccccc2)NC=O)CC(C)(C)CCCN)cc1. The maximum absolute atomic E-state index is 13.6. The number of nitrogens with two attached hydrogens (primary N) is 1. The van der Waals surface area contributed by atoms with E-state index in [-0.39, 0.29) is 23.4 Å². The van der Waals surface area contributed by atoms with Gasteiger partial charge in [-0.25, -0.2) is 8.42 Å². The van der Waals surface area contributed by atoms with Crippen LogP contribution in [0.4, 0.5) is 0 Å². The molecule has 0 spiro atoms. The van der Waals surface area contributed by atoms with Gasteiger partial charge in [-0.1, -0.05) is 44.2 Å². The van der Waals surface area contributed by atoms with Crippen LogP contribution in [-0.2, 0) is 21.2 Å². The van der Waals surface area contributed by atoms with E-state index in [1.54, 1.807) is 12.1 Å². The zero-order chi connectivity index (χ0) is 25.2. The Bertz CT molecular complexity index is 981. The number of nitrogens with zero attached hydrogens (tertiary/aromatic N) is 1. The molecule has 0 aliphatic carbocycles. The van der Waals surface area contributed by atoms with Gasteiger partial charge >= 0.3 is 0 Å². The van der Waals surface area contributed by atoms with E-state index in [2.05, 4.69) is 5.32 Å². The number of ether oxygens (including phenoxy) is 1. The fourth-order valence-corrected chi connectivity index (χ4v) is 5.53. The lowest BCUT2D eigenvalue weighted by Gasteiger charge is -2.35. The molecule has 2 atom stereocenters. The van der Waals surface area contributed by atoms with Gasteiger partial charge in [0.25, 0.3) is 0 Å². The second-order valence-corrected chi connectivity index (χ2v) is 11.1. The Morgan fingerprint density at radius 2 is 1.79 bits per heavy atom. The van der Waals surface area contributed by atoms with Gasteiger partial charge in [0.05, 0.1) is 24.2 Å². The summed E-state index contributed by atoms with van der Waals surface area (Å²) in [7, 11) is -2.42. The monoisotopic (exact) mass is 491 g/mol. The third kappa shape index (κ3) is 8.09. The van der Waals surface area contributed by atoms with Crippen LogP contribution in [0, 0.1) is 5.41 Å². The fraction of sp³-hybridized carbons (Fsp3) is 0.480. The number of amides is 1. The summed E-state index contributed by atoms with van der Waals surface area (Å²) >= 11 is 0. The minimum Gasteiger partial charge on any atom is -0.497 e. The third-order valence-electron chi connectivity index (χ3n) is 5.79. The number of aliphatic hydroxyl groups is 1. The number of methoxy groups -OCH3 is 1. The highest BCUT2D eigenvalue weighted by atomic mass is 32.2. The van der Waals surface area contributed by atoms with Gasteiger partial charge < -0.3 is 20.9 Å². The Kier molecular flexibility index (Phi) is 10.5. The first-order valence-corrected chi connectivity index (χ1v) is 12.8. The van der Waals surface area contributed by atoms with Gasteiger partial charge in [0.1, 0.15) is 5.75 Å². The zero-order valence-corrected chi connectivity index (χ0v) is 21.0. The van der Waals surface area contributed by atoms with Crippen molar-refractivity contribution in [2.24, 2.45) is 11.1 Å². The van der Waals surface area contributed by atoms with E-state index >= 15 is 0 Å². The molecule has 0 radical (unpaired) electrons. The molecule has 0 fully saturated rings. The number of rotatable bonds is 15. The lowest BCUT2D eigenvalue weighted by atomic mass is 9.87. The Morgan fingerprint density at radius 1 is 1.15 bits per heavy atom. The summed E-state index contributed by atoms with van der Waals surface area (Å²) in [5.74, 6) is 0.548. The van der Waals surface area contributed by atoms with E-state index < -0.39 is 22.2 Å². The van der Waals surface area contributed by atoms with Crippen LogP contribution in [0.5, 0.6) is 5.75 Å². The number of nitrogens with one attached hydrogen (secondary N) is 1. The van der Waals surface area contributed by atoms with Crippen molar-refractivity contribution in [1.82, 2.24) is 9.62 Å². The number of carbonyl (C=O) groups is 1. The Hall–Kier alpha value is -2.46. The van der Waals surface area contributed by atoms with Gasteiger partial charge in [-0.2, -0.15) is 4.31 Å². The zero-order valence-electron chi connectivity index (χ0n) is 20.2. The van der Waals surface area contributed by atoms with E-state index in [0.717, 1.165) is 18.4 Å². The molecule has 2 rings (SSSR count). The van der Waals surface area contributed by atoms with E-state index in [1.807, 2.05) is 44.2 Å². The highest BCUT2D eigenvalue weighted by Gasteiger charge is 2.34. The molecule has 2 aromatic carbocycles. The van der Waals surface area contributed by atoms with Crippen molar-refractivity contribution in [3.8, 4) is 5.75 Å². The van der Waals surface area contributed by atoms with Gasteiger partial charge in [0, 0.05) is 13.1 Å². The van der Waals surface area contributed by atoms with Gasteiger partial charge in [-0.3, -0.25) is 4.79 Å². The van der Waals surface area contributed by atoms with Gasteiger partial charge in [0.2, 0.25) is 16.4 Å². The normalized spacial score (nSPS) is 13.9. The van der Waals surface area contributed by atoms with E-state index in [9.17, 15) is 18.3 Å². The molecule has 2 aromatic rings. The van der Waals surface area contributed by atoms with Crippen molar-refractivity contribution in [1.29, 1.82) is 0 Å². The van der Waals surface area contributed by atoms with Crippen molar-refractivity contribution in [2.45, 2.75) is 50.2 Å². The molecule has 34 heavy (non-hydrogen) atoms. The van der Waals surface area contributed by atoms with E-state index in [1.165, 1.54) is 23.5 Å². The molecule has 8 nitrogen and oxygen atoms in total. The summed E-state index contributed by atoms with van der Waals surface area (Å²) < 4.78 is 33.7. The first kappa shape index (κ1) is 27.8. The Balaban J connectivity index is 2.33. The molecule has 0 bridgehead atoms. The minimum atomic E-state index is -3.93. The van der Waals surface area contributed by atoms with E-state index in [0.29, 0.717) is 25.1 Å². The van der Waals surface area contributed by atoms with Crippen LogP contribution in [-0.4, -0.2) is 63.1 Å². The fourth-order valence-electron chi connectivity index (χ4n) is 3.88. The molecule has 4 N–H and O–H groups in total. The van der Waals surface area contributed by atoms with Crippen LogP contribution < -0.4 is 15.8 Å². The number of aliphatic hydroxyl groups excluding tert-OH is 1. The average molecular weight is 492 g/mol. The molecular weight excluding hydrogens is 454 g/mol. The number of hydrogen-bond donors (Lipinski definition) is 3. The lowest BCUT2D eigenvalue weighted by molar-refractivity contribution is -0.111. The summed E-state index contributed by atoms with van der Waals surface area (Å²) in [5, 5.41) is 13.7. The molecule has 188 valence electrons. The van der Waals surface area contributed by atoms with Crippen molar-refractivity contribution >= 4 is 16.4 Å². The maximum Gasteiger partial charge on any atom is 0.243 e. The summed E-state index contributed by atoms with van der Waals surface area (Å²) in [6.07, 6.45) is 1.27. The standard InChI is InChI=1S/C25H37N3O5S/c1-25(2,14-7-15-26)18-28(34(31,32)22-12-10-21(33-3)11-13-22)17-24(30)23(27-19-29)16-20-8-5-4-6-9-20/h4-6,8-13,19,23-24,30H,7,14-18,26H2,1-3H3,(H,27,29)/t23-,24?/m0/s1. The largest absolute Gasteiger partial charge is 0.497 e. The second-order valence-electron chi connectivity index (χ2n) is 9.18. The number of hydrogen-bond acceptors (Lipinski definition) is 6. The Labute approximate surface area is 203 Å². The topological polar surface area (TPSA) is 122 Å². The van der Waals surface area contributed by atoms with E-state index in [4.69, 9.17) is 10.5 Å². The van der Waals surface area contributed by atoms with Crippen LogP contribution in [0.1, 0.15) is 32.3 Å². The summed E-state index contributed by atoms with van der Waals surface area (Å²) in [6, 6.07) is 14.9. The van der Waals surface area contributed by atoms with Crippen molar-refractivity contribution in [2.75, 3.05) is 26.7 Å². The smallest absolute Gasteiger partial charge is 0.243 e. The van der Waals surface area contributed by atoms with Crippen molar-refractivity contribution in [3.63, 3.8) is 0 Å². The Morgan fingerprint density at radius 3 is 2.35 bits per heavy atom. The number of sulfonamides is 1. The first-order chi connectivity index (χ1) is 16.1. The first-order valence-electron chi connectivity index (χ1n) is 11.4. The lowest BCUT2D eigenvalue weighted by Crippen LogP contribution is -2.50. The van der Waals surface area contributed by atoms with Crippen LogP contribution in [0.15, 0.2) is 59.5 Å². The molecule has 0 saturated heterocycles. The maximum atomic E-state index is 13.6. The van der Waals surface area contributed by atoms with Gasteiger partial charge in [-0.05, 0) is 61.1 Å². The quantitative estimate of drug-likeness (QED) is 0.328. The molecule has 9 heteroatoms. The van der Waals surface area contributed by atoms with Crippen LogP contribution in [0.3, 0.4) is 0 Å². The third-order valence-corrected chi connectivity index (χ3v) is 7.62. The minimum absolute atomic E-state index is 0.109. The number of benzene rings is 2. The van der Waals surface area contributed by atoms with Crippen LogP contribution in [0.2, 0.25) is 0 Å². The molecule has 0 aliphatic heterocycles. The van der Waals surface area contributed by atoms with Crippen LogP contribution in [0.25, 0.3) is 0 Å². The highest BCUT2D eigenvalue weighted by molar-refractivity contribution is 7.89. The van der Waals surface area contributed by atoms with Gasteiger partial charge in [0.15, 0.2) is 0 Å².